The Kier molecular flexibility index (Phi) is 3.31. The second-order valence-electron chi connectivity index (χ2n) is 4.65. The Hall–Kier alpha value is -2.08. The molecule has 0 aliphatic rings. The number of pyridine rings is 1. The standard InChI is InChI=1S/C14H14N4OS/c1-10-7-11(12-5-3-4-6-13(12)16-10)8-20(19)14-17-15-9-18(14)2/h3-7,9H,8H2,1-2H3. The van der Waals surface area contributed by atoms with Crippen LogP contribution in [0, 0.1) is 6.92 Å². The van der Waals surface area contributed by atoms with Crippen molar-refractivity contribution in [3.63, 3.8) is 0 Å². The van der Waals surface area contributed by atoms with Crippen LogP contribution in [0.2, 0.25) is 0 Å². The topological polar surface area (TPSA) is 60.7 Å². The van der Waals surface area contributed by atoms with Crippen LogP contribution in [-0.4, -0.2) is 24.0 Å². The van der Waals surface area contributed by atoms with Crippen molar-refractivity contribution in [3.05, 3.63) is 47.9 Å². The first-order valence-corrected chi connectivity index (χ1v) is 7.54. The third kappa shape index (κ3) is 2.34. The minimum atomic E-state index is -1.22. The minimum Gasteiger partial charge on any atom is -0.310 e. The minimum absolute atomic E-state index is 0.413. The summed E-state index contributed by atoms with van der Waals surface area (Å²) in [4.78, 5) is 4.49. The van der Waals surface area contributed by atoms with E-state index in [1.54, 1.807) is 17.9 Å². The molecule has 0 bridgehead atoms. The molecule has 0 N–H and O–H groups in total. The number of hydrogen-bond donors (Lipinski definition) is 0. The molecule has 5 nitrogen and oxygen atoms in total. The number of fused-ring (bicyclic) bond motifs is 1. The summed E-state index contributed by atoms with van der Waals surface area (Å²) in [6, 6.07) is 9.88. The molecular weight excluding hydrogens is 272 g/mol. The molecule has 2 aromatic heterocycles. The summed E-state index contributed by atoms with van der Waals surface area (Å²) in [5, 5.41) is 9.21. The Bertz CT molecular complexity index is 797. The van der Waals surface area contributed by atoms with E-state index in [1.165, 1.54) is 0 Å². The normalized spacial score (nSPS) is 12.7. The van der Waals surface area contributed by atoms with Crippen molar-refractivity contribution in [3.8, 4) is 0 Å². The van der Waals surface area contributed by atoms with Gasteiger partial charge in [-0.1, -0.05) is 18.2 Å². The van der Waals surface area contributed by atoms with E-state index in [1.807, 2.05) is 37.3 Å². The van der Waals surface area contributed by atoms with Gasteiger partial charge in [-0.15, -0.1) is 10.2 Å². The molecule has 0 saturated heterocycles. The van der Waals surface area contributed by atoms with Crippen molar-refractivity contribution in [2.75, 3.05) is 0 Å². The van der Waals surface area contributed by atoms with Gasteiger partial charge in [0.2, 0.25) is 5.16 Å². The average molecular weight is 286 g/mol. The van der Waals surface area contributed by atoms with Crippen molar-refractivity contribution < 1.29 is 4.21 Å². The van der Waals surface area contributed by atoms with Gasteiger partial charge < -0.3 is 4.57 Å². The molecular formula is C14H14N4OS. The zero-order chi connectivity index (χ0) is 14.1. The number of nitrogens with zero attached hydrogens (tertiary/aromatic N) is 4. The molecule has 1 atom stereocenters. The molecule has 3 rings (SSSR count). The second-order valence-corrected chi connectivity index (χ2v) is 6.00. The van der Waals surface area contributed by atoms with E-state index >= 15 is 0 Å². The fraction of sp³-hybridized carbons (Fsp3) is 0.214. The van der Waals surface area contributed by atoms with Crippen LogP contribution in [0.25, 0.3) is 10.9 Å². The van der Waals surface area contributed by atoms with E-state index in [9.17, 15) is 4.21 Å². The van der Waals surface area contributed by atoms with E-state index in [4.69, 9.17) is 0 Å². The highest BCUT2D eigenvalue weighted by Gasteiger charge is 2.13. The number of para-hydroxylation sites is 1. The summed E-state index contributed by atoms with van der Waals surface area (Å²) in [7, 11) is 0.577. The molecule has 6 heteroatoms. The van der Waals surface area contributed by atoms with Gasteiger partial charge in [0.25, 0.3) is 0 Å². The lowest BCUT2D eigenvalue weighted by Crippen LogP contribution is -2.04. The van der Waals surface area contributed by atoms with E-state index in [-0.39, 0.29) is 0 Å². The Morgan fingerprint density at radius 2 is 2.10 bits per heavy atom. The van der Waals surface area contributed by atoms with Gasteiger partial charge in [-0.2, -0.15) is 0 Å². The molecule has 3 aromatic rings. The fourth-order valence-electron chi connectivity index (χ4n) is 2.20. The van der Waals surface area contributed by atoms with E-state index in [2.05, 4.69) is 15.2 Å². The van der Waals surface area contributed by atoms with Crippen LogP contribution < -0.4 is 0 Å². The zero-order valence-electron chi connectivity index (χ0n) is 11.3. The molecule has 0 spiro atoms. The van der Waals surface area contributed by atoms with Crippen molar-refractivity contribution >= 4 is 21.7 Å². The maximum Gasteiger partial charge on any atom is 0.221 e. The highest BCUT2D eigenvalue weighted by atomic mass is 32.2. The SMILES string of the molecule is Cc1cc(CS(=O)c2nncn2C)c2ccccc2n1. The summed E-state index contributed by atoms with van der Waals surface area (Å²) < 4.78 is 14.1. The summed E-state index contributed by atoms with van der Waals surface area (Å²) in [6.45, 7) is 1.95. The monoisotopic (exact) mass is 286 g/mol. The smallest absolute Gasteiger partial charge is 0.221 e. The number of hydrogen-bond acceptors (Lipinski definition) is 4. The number of aromatic nitrogens is 4. The van der Waals surface area contributed by atoms with Gasteiger partial charge in [0.05, 0.1) is 22.1 Å². The summed E-state index contributed by atoms with van der Waals surface area (Å²) in [5.74, 6) is 0.413. The molecule has 20 heavy (non-hydrogen) atoms. The van der Waals surface area contributed by atoms with Crippen molar-refractivity contribution in [1.82, 2.24) is 19.7 Å². The fourth-order valence-corrected chi connectivity index (χ4v) is 3.36. The Balaban J connectivity index is 2.03. The van der Waals surface area contributed by atoms with Gasteiger partial charge in [0, 0.05) is 18.1 Å². The third-order valence-electron chi connectivity index (χ3n) is 3.09. The first kappa shape index (κ1) is 12.9. The number of aryl methyl sites for hydroxylation is 2. The molecule has 0 aliphatic heterocycles. The quantitative estimate of drug-likeness (QED) is 0.738. The predicted octanol–water partition coefficient (Wildman–Crippen LogP) is 1.98. The van der Waals surface area contributed by atoms with Crippen LogP contribution in [0.4, 0.5) is 0 Å². The van der Waals surface area contributed by atoms with Crippen molar-refractivity contribution in [2.45, 2.75) is 17.8 Å². The van der Waals surface area contributed by atoms with Gasteiger partial charge in [-0.25, -0.2) is 0 Å². The van der Waals surface area contributed by atoms with Crippen LogP contribution in [-0.2, 0) is 23.6 Å². The molecule has 0 radical (unpaired) electrons. The van der Waals surface area contributed by atoms with Crippen LogP contribution in [0.5, 0.6) is 0 Å². The van der Waals surface area contributed by atoms with E-state index < -0.39 is 10.8 Å². The summed E-state index contributed by atoms with van der Waals surface area (Å²) in [6.07, 6.45) is 1.56. The Morgan fingerprint density at radius 1 is 1.30 bits per heavy atom. The molecule has 1 unspecified atom stereocenters. The lowest BCUT2D eigenvalue weighted by Gasteiger charge is -2.07. The van der Waals surface area contributed by atoms with Crippen molar-refractivity contribution in [2.24, 2.45) is 7.05 Å². The molecule has 0 saturated carbocycles. The number of rotatable bonds is 3. The maximum absolute atomic E-state index is 12.4. The van der Waals surface area contributed by atoms with Gasteiger partial charge >= 0.3 is 0 Å². The Morgan fingerprint density at radius 3 is 2.85 bits per heavy atom. The van der Waals surface area contributed by atoms with Crippen molar-refractivity contribution in [1.29, 1.82) is 0 Å². The Labute approximate surface area is 119 Å². The third-order valence-corrected chi connectivity index (χ3v) is 4.44. The summed E-state index contributed by atoms with van der Waals surface area (Å²) >= 11 is 0. The average Bonchev–Trinajstić information content (AvgIpc) is 2.85. The summed E-state index contributed by atoms with van der Waals surface area (Å²) in [5.41, 5.74) is 2.88. The van der Waals surface area contributed by atoms with Gasteiger partial charge in [-0.05, 0) is 24.6 Å². The second kappa shape index (κ2) is 5.13. The maximum atomic E-state index is 12.4. The molecule has 2 heterocycles. The predicted molar refractivity (Wildman–Crippen MR) is 77.6 cm³/mol. The molecule has 0 amide bonds. The van der Waals surface area contributed by atoms with E-state index in [0.717, 1.165) is 22.2 Å². The van der Waals surface area contributed by atoms with Crippen LogP contribution in [0.1, 0.15) is 11.3 Å². The van der Waals surface area contributed by atoms with Crippen LogP contribution in [0.15, 0.2) is 41.8 Å². The van der Waals surface area contributed by atoms with Crippen LogP contribution in [0.3, 0.4) is 0 Å². The first-order valence-electron chi connectivity index (χ1n) is 6.23. The van der Waals surface area contributed by atoms with E-state index in [0.29, 0.717) is 10.9 Å². The van der Waals surface area contributed by atoms with Gasteiger partial charge in [-0.3, -0.25) is 9.19 Å². The first-order chi connectivity index (χ1) is 9.65. The highest BCUT2D eigenvalue weighted by molar-refractivity contribution is 7.84. The lowest BCUT2D eigenvalue weighted by atomic mass is 10.1. The van der Waals surface area contributed by atoms with Crippen LogP contribution >= 0.6 is 0 Å². The molecule has 0 aliphatic carbocycles. The lowest BCUT2D eigenvalue weighted by molar-refractivity contribution is 0.664. The highest BCUT2D eigenvalue weighted by Crippen LogP contribution is 2.20. The molecule has 1 aromatic carbocycles. The van der Waals surface area contributed by atoms with Gasteiger partial charge in [0.1, 0.15) is 6.33 Å². The van der Waals surface area contributed by atoms with Gasteiger partial charge in [0.15, 0.2) is 0 Å². The largest absolute Gasteiger partial charge is 0.310 e. The molecule has 0 fully saturated rings. The zero-order valence-corrected chi connectivity index (χ0v) is 12.1. The molecule has 102 valence electrons. The number of benzene rings is 1.